The Morgan fingerprint density at radius 1 is 1.27 bits per heavy atom. The number of rotatable bonds is 2. The van der Waals surface area contributed by atoms with Crippen LogP contribution in [0, 0.1) is 0 Å². The molecule has 1 aromatic rings. The Labute approximate surface area is 104 Å². The molecule has 2 rings (SSSR count). The Bertz CT molecular complexity index is 317. The van der Waals surface area contributed by atoms with Gasteiger partial charge >= 0.3 is 0 Å². The van der Waals surface area contributed by atoms with E-state index in [2.05, 4.69) is 32.2 Å². The monoisotopic (exact) mass is 288 g/mol. The zero-order valence-corrected chi connectivity index (χ0v) is 10.8. The molecule has 4 heteroatoms. The highest BCUT2D eigenvalue weighted by atomic mass is 79.9. The van der Waals surface area contributed by atoms with Crippen LogP contribution in [0.5, 0.6) is 0 Å². The Hall–Kier alpha value is -0.0900. The van der Waals surface area contributed by atoms with Gasteiger partial charge in [0.25, 0.3) is 0 Å². The van der Waals surface area contributed by atoms with Crippen LogP contribution in [-0.4, -0.2) is 31.1 Å². The fraction of sp³-hybridized carbons (Fsp3) is 0.455. The summed E-state index contributed by atoms with van der Waals surface area (Å²) in [4.78, 5) is 2.44. The maximum Gasteiger partial charge on any atom is 0.0420 e. The average Bonchev–Trinajstić information content (AvgIpc) is 2.17. The molecule has 1 aromatic carbocycles. The largest absolute Gasteiger partial charge is 0.314 e. The van der Waals surface area contributed by atoms with Crippen LogP contribution < -0.4 is 5.32 Å². The third kappa shape index (κ3) is 3.45. The van der Waals surface area contributed by atoms with Gasteiger partial charge in [0.15, 0.2) is 0 Å². The molecule has 0 saturated carbocycles. The second-order valence-corrected chi connectivity index (χ2v) is 5.16. The molecule has 0 amide bonds. The molecule has 1 fully saturated rings. The predicted molar refractivity (Wildman–Crippen MR) is 67.3 cm³/mol. The Balaban J connectivity index is 2.02. The lowest BCUT2D eigenvalue weighted by atomic mass is 10.2. The lowest BCUT2D eigenvalue weighted by Gasteiger charge is -2.27. The van der Waals surface area contributed by atoms with E-state index < -0.39 is 0 Å². The number of piperazine rings is 1. The summed E-state index contributed by atoms with van der Waals surface area (Å²) in [7, 11) is 0. The molecule has 0 unspecified atom stereocenters. The van der Waals surface area contributed by atoms with Gasteiger partial charge in [-0.15, -0.1) is 0 Å². The number of nitrogens with one attached hydrogen (secondary N) is 1. The van der Waals surface area contributed by atoms with Crippen molar-refractivity contribution >= 4 is 27.5 Å². The summed E-state index contributed by atoms with van der Waals surface area (Å²) in [6.45, 7) is 5.39. The standard InChI is InChI=1S/C11H14BrClN2/c12-10-5-9(6-11(13)7-10)8-15-3-1-14-2-4-15/h5-7,14H,1-4,8H2. The molecule has 1 saturated heterocycles. The minimum Gasteiger partial charge on any atom is -0.314 e. The SMILES string of the molecule is Clc1cc(Br)cc(CN2CCNCC2)c1. The molecule has 0 spiro atoms. The molecule has 1 N–H and O–H groups in total. The Morgan fingerprint density at radius 3 is 2.67 bits per heavy atom. The van der Waals surface area contributed by atoms with Crippen molar-refractivity contribution in [2.75, 3.05) is 26.2 Å². The van der Waals surface area contributed by atoms with Gasteiger partial charge in [-0.05, 0) is 23.8 Å². The van der Waals surface area contributed by atoms with Crippen molar-refractivity contribution in [3.63, 3.8) is 0 Å². The zero-order valence-electron chi connectivity index (χ0n) is 8.47. The van der Waals surface area contributed by atoms with Crippen molar-refractivity contribution in [1.82, 2.24) is 10.2 Å². The van der Waals surface area contributed by atoms with E-state index in [0.717, 1.165) is 42.2 Å². The minimum atomic E-state index is 0.800. The highest BCUT2D eigenvalue weighted by molar-refractivity contribution is 9.10. The van der Waals surface area contributed by atoms with Gasteiger partial charge in [0.1, 0.15) is 0 Å². The van der Waals surface area contributed by atoms with Crippen LogP contribution in [0.4, 0.5) is 0 Å². The van der Waals surface area contributed by atoms with Gasteiger partial charge in [0.2, 0.25) is 0 Å². The second-order valence-electron chi connectivity index (χ2n) is 3.80. The van der Waals surface area contributed by atoms with E-state index in [9.17, 15) is 0 Å². The second kappa shape index (κ2) is 5.30. The highest BCUT2D eigenvalue weighted by Gasteiger charge is 2.10. The minimum absolute atomic E-state index is 0.800. The molecule has 1 aliphatic rings. The number of halogens is 2. The predicted octanol–water partition coefficient (Wildman–Crippen LogP) is 2.51. The molecular weight excluding hydrogens is 275 g/mol. The van der Waals surface area contributed by atoms with Gasteiger partial charge in [-0.1, -0.05) is 27.5 Å². The maximum atomic E-state index is 6.01. The first-order chi connectivity index (χ1) is 7.24. The van der Waals surface area contributed by atoms with Gasteiger partial charge < -0.3 is 5.32 Å². The molecule has 82 valence electrons. The number of nitrogens with zero attached hydrogens (tertiary/aromatic N) is 1. The van der Waals surface area contributed by atoms with E-state index in [1.165, 1.54) is 5.56 Å². The van der Waals surface area contributed by atoms with E-state index in [1.807, 2.05) is 12.1 Å². The van der Waals surface area contributed by atoms with Crippen LogP contribution in [0.2, 0.25) is 5.02 Å². The van der Waals surface area contributed by atoms with Gasteiger partial charge in [0, 0.05) is 42.2 Å². The average molecular weight is 290 g/mol. The molecule has 0 radical (unpaired) electrons. The van der Waals surface area contributed by atoms with Gasteiger partial charge in [-0.25, -0.2) is 0 Å². The fourth-order valence-corrected chi connectivity index (χ4v) is 2.76. The molecule has 0 aliphatic carbocycles. The van der Waals surface area contributed by atoms with Gasteiger partial charge in [-0.2, -0.15) is 0 Å². The molecule has 15 heavy (non-hydrogen) atoms. The molecule has 2 nitrogen and oxygen atoms in total. The normalized spacial score (nSPS) is 18.0. The van der Waals surface area contributed by atoms with Gasteiger partial charge in [0.05, 0.1) is 0 Å². The lowest BCUT2D eigenvalue weighted by Crippen LogP contribution is -2.42. The summed E-state index contributed by atoms with van der Waals surface area (Å²) >= 11 is 9.47. The smallest absolute Gasteiger partial charge is 0.0420 e. The fourth-order valence-electron chi connectivity index (χ4n) is 1.83. The van der Waals surface area contributed by atoms with Crippen LogP contribution in [0.15, 0.2) is 22.7 Å². The van der Waals surface area contributed by atoms with Crippen LogP contribution in [0.25, 0.3) is 0 Å². The van der Waals surface area contributed by atoms with Crippen molar-refractivity contribution in [1.29, 1.82) is 0 Å². The molecular formula is C11H14BrClN2. The topological polar surface area (TPSA) is 15.3 Å². The van der Waals surface area contributed by atoms with Gasteiger partial charge in [-0.3, -0.25) is 4.90 Å². The molecule has 1 heterocycles. The number of benzene rings is 1. The van der Waals surface area contributed by atoms with Crippen LogP contribution in [0.3, 0.4) is 0 Å². The first kappa shape index (κ1) is 11.4. The van der Waals surface area contributed by atoms with Crippen molar-refractivity contribution in [3.8, 4) is 0 Å². The van der Waals surface area contributed by atoms with Crippen molar-refractivity contribution in [2.24, 2.45) is 0 Å². The third-order valence-electron chi connectivity index (χ3n) is 2.54. The first-order valence-electron chi connectivity index (χ1n) is 5.12. The lowest BCUT2D eigenvalue weighted by molar-refractivity contribution is 0.233. The van der Waals surface area contributed by atoms with E-state index in [1.54, 1.807) is 0 Å². The summed E-state index contributed by atoms with van der Waals surface area (Å²) < 4.78 is 1.06. The zero-order chi connectivity index (χ0) is 10.7. The Kier molecular flexibility index (Phi) is 4.03. The summed E-state index contributed by atoms with van der Waals surface area (Å²) in [5, 5.41) is 4.15. The third-order valence-corrected chi connectivity index (χ3v) is 3.21. The van der Waals surface area contributed by atoms with Crippen molar-refractivity contribution in [3.05, 3.63) is 33.3 Å². The van der Waals surface area contributed by atoms with Crippen molar-refractivity contribution in [2.45, 2.75) is 6.54 Å². The van der Waals surface area contributed by atoms with E-state index in [0.29, 0.717) is 0 Å². The first-order valence-corrected chi connectivity index (χ1v) is 6.29. The molecule has 0 atom stereocenters. The van der Waals surface area contributed by atoms with Crippen LogP contribution in [0.1, 0.15) is 5.56 Å². The summed E-state index contributed by atoms with van der Waals surface area (Å²) in [5.41, 5.74) is 1.27. The van der Waals surface area contributed by atoms with E-state index in [4.69, 9.17) is 11.6 Å². The summed E-state index contributed by atoms with van der Waals surface area (Å²) in [6, 6.07) is 6.09. The Morgan fingerprint density at radius 2 is 2.00 bits per heavy atom. The number of hydrogen-bond donors (Lipinski definition) is 1. The van der Waals surface area contributed by atoms with Crippen molar-refractivity contribution < 1.29 is 0 Å². The van der Waals surface area contributed by atoms with E-state index in [-0.39, 0.29) is 0 Å². The van der Waals surface area contributed by atoms with Crippen LogP contribution >= 0.6 is 27.5 Å². The summed E-state index contributed by atoms with van der Waals surface area (Å²) in [5.74, 6) is 0. The maximum absolute atomic E-state index is 6.01. The molecule has 0 aromatic heterocycles. The molecule has 0 bridgehead atoms. The molecule has 1 aliphatic heterocycles. The highest BCUT2D eigenvalue weighted by Crippen LogP contribution is 2.20. The van der Waals surface area contributed by atoms with Crippen LogP contribution in [-0.2, 0) is 6.54 Å². The quantitative estimate of drug-likeness (QED) is 0.900. The summed E-state index contributed by atoms with van der Waals surface area (Å²) in [6.07, 6.45) is 0. The number of hydrogen-bond acceptors (Lipinski definition) is 2. The van der Waals surface area contributed by atoms with E-state index >= 15 is 0 Å².